The minimum atomic E-state index is -0.245. The molecule has 1 aromatic carbocycles. The highest BCUT2D eigenvalue weighted by Crippen LogP contribution is 2.38. The smallest absolute Gasteiger partial charge is 0.263 e. The van der Waals surface area contributed by atoms with Crippen LogP contribution in [-0.4, -0.2) is 46.9 Å². The molecular formula is C26H29N5O3S. The van der Waals surface area contributed by atoms with E-state index in [9.17, 15) is 9.59 Å². The van der Waals surface area contributed by atoms with Gasteiger partial charge in [0.15, 0.2) is 0 Å². The van der Waals surface area contributed by atoms with Crippen LogP contribution in [0, 0.1) is 0 Å². The van der Waals surface area contributed by atoms with Gasteiger partial charge in [-0.3, -0.25) is 9.59 Å². The molecule has 1 aliphatic heterocycles. The summed E-state index contributed by atoms with van der Waals surface area (Å²) in [6.45, 7) is 4.69. The van der Waals surface area contributed by atoms with Crippen LogP contribution in [0.15, 0.2) is 49.2 Å². The van der Waals surface area contributed by atoms with Gasteiger partial charge in [-0.1, -0.05) is 12.6 Å². The Morgan fingerprint density at radius 3 is 2.86 bits per heavy atom. The third-order valence-electron chi connectivity index (χ3n) is 6.55. The molecule has 1 atom stereocenters. The molecule has 182 valence electrons. The molecule has 8 nitrogen and oxygen atoms in total. The van der Waals surface area contributed by atoms with Gasteiger partial charge in [-0.05, 0) is 56.4 Å². The zero-order chi connectivity index (χ0) is 24.4. The van der Waals surface area contributed by atoms with E-state index in [0.717, 1.165) is 48.2 Å². The van der Waals surface area contributed by atoms with Gasteiger partial charge >= 0.3 is 0 Å². The van der Waals surface area contributed by atoms with E-state index in [1.807, 2.05) is 30.3 Å². The van der Waals surface area contributed by atoms with Crippen molar-refractivity contribution in [3.8, 4) is 5.75 Å². The van der Waals surface area contributed by atoms with Crippen molar-refractivity contribution in [2.45, 2.75) is 44.2 Å². The number of nitrogens with zero attached hydrogens (tertiary/aromatic N) is 2. The van der Waals surface area contributed by atoms with Gasteiger partial charge in [0.2, 0.25) is 5.91 Å². The number of nitrogens with one attached hydrogen (secondary N) is 2. The summed E-state index contributed by atoms with van der Waals surface area (Å²) in [7, 11) is 0. The summed E-state index contributed by atoms with van der Waals surface area (Å²) in [5, 5.41) is 7.19. The van der Waals surface area contributed by atoms with E-state index < -0.39 is 0 Å². The monoisotopic (exact) mass is 491 g/mol. The number of likely N-dealkylation sites (tertiary alicyclic amines) is 1. The number of rotatable bonds is 7. The molecule has 0 spiro atoms. The minimum Gasteiger partial charge on any atom is -0.490 e. The molecule has 3 heterocycles. The fraction of sp³-hybridized carbons (Fsp3) is 0.346. The number of anilines is 3. The molecule has 3 aromatic rings. The van der Waals surface area contributed by atoms with E-state index >= 15 is 0 Å². The molecule has 0 bridgehead atoms. The third-order valence-corrected chi connectivity index (χ3v) is 7.66. The summed E-state index contributed by atoms with van der Waals surface area (Å²) < 4.78 is 6.02. The number of ether oxygens (including phenoxy) is 1. The number of hydrogen-bond donors (Lipinski definition) is 3. The Morgan fingerprint density at radius 2 is 2.09 bits per heavy atom. The van der Waals surface area contributed by atoms with Gasteiger partial charge in [-0.2, -0.15) is 0 Å². The molecule has 1 aliphatic carbocycles. The number of hydrogen-bond acceptors (Lipinski definition) is 7. The van der Waals surface area contributed by atoms with Crippen LogP contribution < -0.4 is 21.1 Å². The maximum atomic E-state index is 13.1. The number of benzene rings is 1. The number of thiophene rings is 1. The van der Waals surface area contributed by atoms with E-state index in [0.29, 0.717) is 34.6 Å². The molecule has 1 saturated heterocycles. The Balaban J connectivity index is 1.34. The number of nitrogens with two attached hydrogens (primary N) is 1. The van der Waals surface area contributed by atoms with Gasteiger partial charge in [0.05, 0.1) is 22.9 Å². The van der Waals surface area contributed by atoms with E-state index in [1.54, 1.807) is 11.1 Å². The fourth-order valence-electron chi connectivity index (χ4n) is 4.48. The molecule has 2 aliphatic rings. The first-order valence-electron chi connectivity index (χ1n) is 11.9. The summed E-state index contributed by atoms with van der Waals surface area (Å²) >= 11 is 1.27. The van der Waals surface area contributed by atoms with Gasteiger partial charge in [-0.15, -0.1) is 11.3 Å². The Labute approximate surface area is 208 Å². The zero-order valence-corrected chi connectivity index (χ0v) is 20.3. The van der Waals surface area contributed by atoms with E-state index in [2.05, 4.69) is 22.2 Å². The fourth-order valence-corrected chi connectivity index (χ4v) is 5.47. The number of fused-ring (bicyclic) bond motifs is 1. The van der Waals surface area contributed by atoms with E-state index in [1.165, 1.54) is 23.8 Å². The molecule has 4 N–H and O–H groups in total. The van der Waals surface area contributed by atoms with Crippen LogP contribution in [0.5, 0.6) is 5.75 Å². The summed E-state index contributed by atoms with van der Waals surface area (Å²) in [4.78, 5) is 32.4. The lowest BCUT2D eigenvalue weighted by atomic mass is 9.96. The van der Waals surface area contributed by atoms with Crippen LogP contribution in [0.25, 0.3) is 10.2 Å². The highest BCUT2D eigenvalue weighted by atomic mass is 32.1. The van der Waals surface area contributed by atoms with Crippen LogP contribution in [0.4, 0.5) is 17.1 Å². The Hall–Kier alpha value is -3.59. The average Bonchev–Trinajstić information content (AvgIpc) is 3.19. The van der Waals surface area contributed by atoms with Crippen molar-refractivity contribution in [1.82, 2.24) is 15.2 Å². The summed E-state index contributed by atoms with van der Waals surface area (Å²) in [5.41, 5.74) is 8.54. The largest absolute Gasteiger partial charge is 0.490 e. The maximum absolute atomic E-state index is 13.1. The lowest BCUT2D eigenvalue weighted by molar-refractivity contribution is -0.127. The predicted octanol–water partition coefficient (Wildman–Crippen LogP) is 4.46. The molecular weight excluding hydrogens is 462 g/mol. The van der Waals surface area contributed by atoms with Crippen molar-refractivity contribution in [1.29, 1.82) is 0 Å². The Bertz CT molecular complexity index is 1270. The van der Waals surface area contributed by atoms with Crippen LogP contribution in [0.3, 0.4) is 0 Å². The molecule has 35 heavy (non-hydrogen) atoms. The molecule has 2 aromatic heterocycles. The zero-order valence-electron chi connectivity index (χ0n) is 19.5. The first-order chi connectivity index (χ1) is 17.0. The second kappa shape index (κ2) is 9.95. The molecule has 0 radical (unpaired) electrons. The van der Waals surface area contributed by atoms with Gasteiger partial charge < -0.3 is 26.0 Å². The lowest BCUT2D eigenvalue weighted by Gasteiger charge is -2.32. The SMILES string of the molecule is C=CC(=O)N1CCC[C@@H](NC(=O)c2sc3nccc(Nc4cccc(OC5CCC5)c4)c3c2N)C1. The Kier molecular flexibility index (Phi) is 6.59. The van der Waals surface area contributed by atoms with Gasteiger partial charge in [0, 0.05) is 37.1 Å². The summed E-state index contributed by atoms with van der Waals surface area (Å²) in [6.07, 6.45) is 8.37. The van der Waals surface area contributed by atoms with E-state index in [4.69, 9.17) is 10.5 Å². The number of amides is 2. The summed E-state index contributed by atoms with van der Waals surface area (Å²) in [6, 6.07) is 9.58. The number of carbonyl (C=O) groups is 2. The topological polar surface area (TPSA) is 110 Å². The molecule has 2 fully saturated rings. The van der Waals surface area contributed by atoms with E-state index in [-0.39, 0.29) is 17.9 Å². The lowest BCUT2D eigenvalue weighted by Crippen LogP contribution is -2.49. The van der Waals surface area contributed by atoms with Crippen LogP contribution in [-0.2, 0) is 4.79 Å². The van der Waals surface area contributed by atoms with Gasteiger partial charge in [-0.25, -0.2) is 4.98 Å². The van der Waals surface area contributed by atoms with Crippen molar-refractivity contribution in [3.05, 3.63) is 54.1 Å². The van der Waals surface area contributed by atoms with Crippen molar-refractivity contribution < 1.29 is 14.3 Å². The molecule has 5 rings (SSSR count). The molecule has 2 amide bonds. The number of piperidine rings is 1. The van der Waals surface area contributed by atoms with Crippen molar-refractivity contribution in [2.24, 2.45) is 0 Å². The van der Waals surface area contributed by atoms with Crippen molar-refractivity contribution in [2.75, 3.05) is 24.1 Å². The normalized spacial score (nSPS) is 18.1. The first-order valence-corrected chi connectivity index (χ1v) is 12.8. The second-order valence-electron chi connectivity index (χ2n) is 9.01. The second-order valence-corrected chi connectivity index (χ2v) is 10.0. The highest BCUT2D eigenvalue weighted by molar-refractivity contribution is 7.21. The number of pyridine rings is 1. The average molecular weight is 492 g/mol. The van der Waals surface area contributed by atoms with Crippen LogP contribution in [0.1, 0.15) is 41.8 Å². The van der Waals surface area contributed by atoms with Crippen LogP contribution in [0.2, 0.25) is 0 Å². The van der Waals surface area contributed by atoms with Gasteiger partial charge in [0.25, 0.3) is 5.91 Å². The molecule has 0 unspecified atom stereocenters. The van der Waals surface area contributed by atoms with Crippen molar-refractivity contribution >= 4 is 50.4 Å². The quantitative estimate of drug-likeness (QED) is 0.421. The third kappa shape index (κ3) is 4.95. The molecule has 9 heteroatoms. The summed E-state index contributed by atoms with van der Waals surface area (Å²) in [5.74, 6) is 0.470. The number of carbonyl (C=O) groups excluding carboxylic acids is 2. The van der Waals surface area contributed by atoms with Gasteiger partial charge in [0.1, 0.15) is 15.5 Å². The first kappa shape index (κ1) is 23.2. The van der Waals surface area contributed by atoms with Crippen LogP contribution >= 0.6 is 11.3 Å². The Morgan fingerprint density at radius 1 is 1.23 bits per heavy atom. The maximum Gasteiger partial charge on any atom is 0.263 e. The highest BCUT2D eigenvalue weighted by Gasteiger charge is 2.26. The number of aromatic nitrogens is 1. The molecule has 1 saturated carbocycles. The number of nitrogen functional groups attached to an aromatic ring is 1. The minimum absolute atomic E-state index is 0.118. The predicted molar refractivity (Wildman–Crippen MR) is 139 cm³/mol. The van der Waals surface area contributed by atoms with Crippen molar-refractivity contribution in [3.63, 3.8) is 0 Å². The standard InChI is InChI=1S/C26H29N5O3S/c1-2-21(32)31-13-5-7-17(15-31)30-25(33)24-23(27)22-20(11-12-28-26(22)35-24)29-16-6-3-10-19(14-16)34-18-8-4-9-18/h2-3,6,10-12,14,17-18H,1,4-5,7-9,13,15,27H2,(H,28,29)(H,30,33)/t17-/m1/s1.